The maximum atomic E-state index is 12.2. The van der Waals surface area contributed by atoms with Crippen LogP contribution in [0.1, 0.15) is 10.4 Å². The maximum absolute atomic E-state index is 12.2. The fourth-order valence-electron chi connectivity index (χ4n) is 3.72. The Morgan fingerprint density at radius 2 is 1.73 bits per heavy atom. The zero-order valence-corrected chi connectivity index (χ0v) is 17.4. The van der Waals surface area contributed by atoms with Crippen LogP contribution in [0.4, 0.5) is 11.4 Å². The molecule has 30 heavy (non-hydrogen) atoms. The molecule has 0 unspecified atom stereocenters. The van der Waals surface area contributed by atoms with E-state index in [0.29, 0.717) is 18.7 Å². The quantitative estimate of drug-likeness (QED) is 0.685. The summed E-state index contributed by atoms with van der Waals surface area (Å²) in [6, 6.07) is 17.3. The van der Waals surface area contributed by atoms with Gasteiger partial charge in [-0.3, -0.25) is 0 Å². The van der Waals surface area contributed by atoms with E-state index in [1.165, 1.54) is 0 Å². The standard InChI is InChI=1S/C23H28N4O3/c1-25-11-12-27(15-18-30-22(28)19-7-3-2-4-8-19)23(25)24-20-9-5-6-10-21(20)26-13-16-29-17-14-26/h2-10H,11-18H2,1H3. The van der Waals surface area contributed by atoms with Crippen LogP contribution in [-0.2, 0) is 9.47 Å². The molecular formula is C23H28N4O3. The van der Waals surface area contributed by atoms with E-state index in [1.54, 1.807) is 12.1 Å². The summed E-state index contributed by atoms with van der Waals surface area (Å²) < 4.78 is 11.0. The van der Waals surface area contributed by atoms with E-state index in [0.717, 1.165) is 56.7 Å². The van der Waals surface area contributed by atoms with Crippen molar-refractivity contribution in [2.45, 2.75) is 0 Å². The van der Waals surface area contributed by atoms with Crippen molar-refractivity contribution >= 4 is 23.3 Å². The lowest BCUT2D eigenvalue weighted by molar-refractivity contribution is 0.0488. The number of hydrogen-bond acceptors (Lipinski definition) is 5. The summed E-state index contributed by atoms with van der Waals surface area (Å²) in [6.07, 6.45) is 0. The lowest BCUT2D eigenvalue weighted by atomic mass is 10.2. The number of carbonyl (C=O) groups is 1. The van der Waals surface area contributed by atoms with Crippen LogP contribution < -0.4 is 4.90 Å². The first-order valence-corrected chi connectivity index (χ1v) is 10.4. The van der Waals surface area contributed by atoms with E-state index < -0.39 is 0 Å². The van der Waals surface area contributed by atoms with E-state index in [2.05, 4.69) is 26.8 Å². The van der Waals surface area contributed by atoms with Gasteiger partial charge in [0, 0.05) is 33.2 Å². The molecule has 4 rings (SSSR count). The third-order valence-electron chi connectivity index (χ3n) is 5.39. The number of nitrogens with zero attached hydrogens (tertiary/aromatic N) is 4. The molecule has 2 aromatic rings. The number of benzene rings is 2. The highest BCUT2D eigenvalue weighted by Gasteiger charge is 2.25. The fraction of sp³-hybridized carbons (Fsp3) is 0.391. The molecule has 0 aromatic heterocycles. The Balaban J connectivity index is 1.44. The van der Waals surface area contributed by atoms with Crippen LogP contribution in [0.5, 0.6) is 0 Å². The molecule has 2 fully saturated rings. The van der Waals surface area contributed by atoms with Gasteiger partial charge < -0.3 is 24.2 Å². The number of esters is 1. The van der Waals surface area contributed by atoms with Crippen LogP contribution >= 0.6 is 0 Å². The normalized spacial score (nSPS) is 18.2. The van der Waals surface area contributed by atoms with Crippen LogP contribution in [-0.4, -0.2) is 81.3 Å². The minimum absolute atomic E-state index is 0.292. The lowest BCUT2D eigenvalue weighted by Crippen LogP contribution is -2.36. The van der Waals surface area contributed by atoms with Gasteiger partial charge in [-0.05, 0) is 24.3 Å². The lowest BCUT2D eigenvalue weighted by Gasteiger charge is -2.30. The van der Waals surface area contributed by atoms with Crippen LogP contribution in [0, 0.1) is 0 Å². The average Bonchev–Trinajstić information content (AvgIpc) is 3.14. The Morgan fingerprint density at radius 1 is 1.00 bits per heavy atom. The van der Waals surface area contributed by atoms with Crippen molar-refractivity contribution in [3.8, 4) is 0 Å². The number of likely N-dealkylation sites (N-methyl/N-ethyl adjacent to an activating group) is 1. The molecular weight excluding hydrogens is 380 g/mol. The Labute approximate surface area is 177 Å². The molecule has 7 heteroatoms. The molecule has 158 valence electrons. The van der Waals surface area contributed by atoms with Crippen molar-refractivity contribution in [3.63, 3.8) is 0 Å². The van der Waals surface area contributed by atoms with Gasteiger partial charge in [0.25, 0.3) is 0 Å². The number of para-hydroxylation sites is 2. The third-order valence-corrected chi connectivity index (χ3v) is 5.39. The first-order chi connectivity index (χ1) is 14.7. The van der Waals surface area contributed by atoms with Gasteiger partial charge in [-0.1, -0.05) is 30.3 Å². The minimum atomic E-state index is -0.292. The van der Waals surface area contributed by atoms with Crippen molar-refractivity contribution in [1.29, 1.82) is 0 Å². The Bertz CT molecular complexity index is 881. The number of anilines is 1. The molecule has 0 amide bonds. The van der Waals surface area contributed by atoms with Gasteiger partial charge in [0.2, 0.25) is 5.96 Å². The number of morpholine rings is 1. The van der Waals surface area contributed by atoms with Crippen LogP contribution in [0.15, 0.2) is 59.6 Å². The molecule has 2 aliphatic heterocycles. The minimum Gasteiger partial charge on any atom is -0.460 e. The molecule has 0 N–H and O–H groups in total. The predicted octanol–water partition coefficient (Wildman–Crippen LogP) is 2.62. The van der Waals surface area contributed by atoms with E-state index in [4.69, 9.17) is 14.5 Å². The molecule has 0 aliphatic carbocycles. The average molecular weight is 409 g/mol. The van der Waals surface area contributed by atoms with Gasteiger partial charge in [-0.15, -0.1) is 0 Å². The predicted molar refractivity (Wildman–Crippen MR) is 117 cm³/mol. The van der Waals surface area contributed by atoms with E-state index in [1.807, 2.05) is 37.4 Å². The molecule has 2 aliphatic rings. The van der Waals surface area contributed by atoms with E-state index >= 15 is 0 Å². The third kappa shape index (κ3) is 4.74. The Morgan fingerprint density at radius 3 is 2.53 bits per heavy atom. The summed E-state index contributed by atoms with van der Waals surface area (Å²) in [5, 5.41) is 0. The molecule has 0 saturated carbocycles. The molecule has 2 aromatic carbocycles. The number of aliphatic imine (C=N–C) groups is 1. The molecule has 0 bridgehead atoms. The molecule has 2 heterocycles. The summed E-state index contributed by atoms with van der Waals surface area (Å²) in [4.78, 5) is 23.8. The zero-order valence-electron chi connectivity index (χ0n) is 17.4. The van der Waals surface area contributed by atoms with Gasteiger partial charge in [0.15, 0.2) is 0 Å². The van der Waals surface area contributed by atoms with Crippen molar-refractivity contribution < 1.29 is 14.3 Å². The van der Waals surface area contributed by atoms with Gasteiger partial charge >= 0.3 is 5.97 Å². The topological polar surface area (TPSA) is 57.6 Å². The highest BCUT2D eigenvalue weighted by Crippen LogP contribution is 2.30. The van der Waals surface area contributed by atoms with Gasteiger partial charge in [0.05, 0.1) is 36.7 Å². The maximum Gasteiger partial charge on any atom is 0.338 e. The summed E-state index contributed by atoms with van der Waals surface area (Å²) in [5.74, 6) is 0.616. The van der Waals surface area contributed by atoms with Crippen LogP contribution in [0.25, 0.3) is 0 Å². The number of carbonyl (C=O) groups excluding carboxylic acids is 1. The van der Waals surface area contributed by atoms with Gasteiger partial charge in [0.1, 0.15) is 6.61 Å². The van der Waals surface area contributed by atoms with Crippen molar-refractivity contribution in [2.24, 2.45) is 4.99 Å². The summed E-state index contributed by atoms with van der Waals surface area (Å²) >= 11 is 0. The summed E-state index contributed by atoms with van der Waals surface area (Å²) in [7, 11) is 2.05. The van der Waals surface area contributed by atoms with Crippen molar-refractivity contribution in [2.75, 3.05) is 64.5 Å². The first kappa shape index (κ1) is 20.2. The fourth-order valence-corrected chi connectivity index (χ4v) is 3.72. The van der Waals surface area contributed by atoms with E-state index in [9.17, 15) is 4.79 Å². The SMILES string of the molecule is CN1CCN(CCOC(=O)c2ccccc2)C1=Nc1ccccc1N1CCOCC1. The second-order valence-corrected chi connectivity index (χ2v) is 7.41. The smallest absolute Gasteiger partial charge is 0.338 e. The molecule has 0 spiro atoms. The highest BCUT2D eigenvalue weighted by atomic mass is 16.5. The first-order valence-electron chi connectivity index (χ1n) is 10.4. The largest absolute Gasteiger partial charge is 0.460 e. The molecule has 0 atom stereocenters. The molecule has 7 nitrogen and oxygen atoms in total. The number of hydrogen-bond donors (Lipinski definition) is 0. The monoisotopic (exact) mass is 408 g/mol. The van der Waals surface area contributed by atoms with E-state index in [-0.39, 0.29) is 5.97 Å². The molecule has 2 saturated heterocycles. The van der Waals surface area contributed by atoms with Gasteiger partial charge in [-0.25, -0.2) is 9.79 Å². The van der Waals surface area contributed by atoms with Crippen LogP contribution in [0.2, 0.25) is 0 Å². The van der Waals surface area contributed by atoms with Crippen LogP contribution in [0.3, 0.4) is 0 Å². The Kier molecular flexibility index (Phi) is 6.49. The van der Waals surface area contributed by atoms with Gasteiger partial charge in [-0.2, -0.15) is 0 Å². The second kappa shape index (κ2) is 9.63. The number of guanidine groups is 1. The number of ether oxygens (including phenoxy) is 2. The van der Waals surface area contributed by atoms with Crippen molar-refractivity contribution in [3.05, 3.63) is 60.2 Å². The Hall–Kier alpha value is -3.06. The summed E-state index contributed by atoms with van der Waals surface area (Å²) in [5.41, 5.74) is 2.66. The molecule has 0 radical (unpaired) electrons. The number of rotatable bonds is 6. The van der Waals surface area contributed by atoms with Crippen molar-refractivity contribution in [1.82, 2.24) is 9.80 Å². The summed E-state index contributed by atoms with van der Waals surface area (Å²) in [6.45, 7) is 5.91. The zero-order chi connectivity index (χ0) is 20.8. The second-order valence-electron chi connectivity index (χ2n) is 7.41. The highest BCUT2D eigenvalue weighted by molar-refractivity contribution is 5.89.